The minimum absolute atomic E-state index is 0.253. The molecule has 0 spiro atoms. The van der Waals surface area contributed by atoms with Gasteiger partial charge in [-0.2, -0.15) is 0 Å². The summed E-state index contributed by atoms with van der Waals surface area (Å²) in [6.45, 7) is 2.97. The molecule has 2 aromatic carbocycles. The van der Waals surface area contributed by atoms with Crippen molar-refractivity contribution < 1.29 is 9.84 Å². The third kappa shape index (κ3) is 7.51. The lowest BCUT2D eigenvalue weighted by atomic mass is 10.0. The lowest BCUT2D eigenvalue weighted by molar-refractivity contribution is 0.304. The highest BCUT2D eigenvalue weighted by atomic mass is 16.5. The number of hydrogen-bond acceptors (Lipinski definition) is 2. The standard InChI is InChI=1S/C24H34O2/c1-2-3-4-5-6-7-8-9-10-14-19-26-24-20-22(25)17-18-23(24)21-15-12-11-13-16-21/h11-13,15-18,20,25H,2-10,14,19H2,1H3. The molecule has 2 rings (SSSR count). The first-order valence-corrected chi connectivity index (χ1v) is 10.3. The van der Waals surface area contributed by atoms with Crippen molar-refractivity contribution >= 4 is 0 Å². The molecule has 2 aromatic rings. The van der Waals surface area contributed by atoms with Crippen molar-refractivity contribution in [3.8, 4) is 22.6 Å². The molecule has 0 radical (unpaired) electrons. The highest BCUT2D eigenvalue weighted by molar-refractivity contribution is 5.71. The summed E-state index contributed by atoms with van der Waals surface area (Å²) in [6.07, 6.45) is 13.2. The fourth-order valence-corrected chi connectivity index (χ4v) is 3.26. The maximum atomic E-state index is 9.78. The predicted molar refractivity (Wildman–Crippen MR) is 111 cm³/mol. The van der Waals surface area contributed by atoms with E-state index in [0.717, 1.165) is 23.3 Å². The Morgan fingerprint density at radius 1 is 0.731 bits per heavy atom. The molecule has 0 unspecified atom stereocenters. The molecule has 0 bridgehead atoms. The van der Waals surface area contributed by atoms with Gasteiger partial charge in [0.05, 0.1) is 6.61 Å². The Balaban J connectivity index is 1.66. The van der Waals surface area contributed by atoms with Gasteiger partial charge in [-0.1, -0.05) is 95.0 Å². The Bertz CT molecular complexity index is 607. The van der Waals surface area contributed by atoms with Gasteiger partial charge in [-0.15, -0.1) is 0 Å². The molecule has 0 saturated heterocycles. The van der Waals surface area contributed by atoms with Gasteiger partial charge in [0, 0.05) is 11.6 Å². The fraction of sp³-hybridized carbons (Fsp3) is 0.500. The van der Waals surface area contributed by atoms with Crippen molar-refractivity contribution in [3.05, 3.63) is 48.5 Å². The molecule has 0 fully saturated rings. The van der Waals surface area contributed by atoms with Crippen LogP contribution in [0.1, 0.15) is 71.1 Å². The lowest BCUT2D eigenvalue weighted by Crippen LogP contribution is -1.99. The predicted octanol–water partition coefficient (Wildman–Crippen LogP) is 7.36. The molecule has 0 aliphatic rings. The second-order valence-corrected chi connectivity index (χ2v) is 7.08. The van der Waals surface area contributed by atoms with Gasteiger partial charge < -0.3 is 9.84 Å². The SMILES string of the molecule is CCCCCCCCCCCCOc1cc(O)ccc1-c1ccccc1. The highest BCUT2D eigenvalue weighted by Gasteiger charge is 2.07. The third-order valence-electron chi connectivity index (χ3n) is 4.81. The molecular weight excluding hydrogens is 320 g/mol. The number of ether oxygens (including phenoxy) is 1. The molecular formula is C24H34O2. The molecule has 0 aliphatic heterocycles. The normalized spacial score (nSPS) is 10.8. The fourth-order valence-electron chi connectivity index (χ4n) is 3.26. The molecule has 2 heteroatoms. The smallest absolute Gasteiger partial charge is 0.130 e. The van der Waals surface area contributed by atoms with Crippen LogP contribution in [0.2, 0.25) is 0 Å². The summed E-state index contributed by atoms with van der Waals surface area (Å²) in [4.78, 5) is 0. The van der Waals surface area contributed by atoms with Crippen molar-refractivity contribution in [2.75, 3.05) is 6.61 Å². The summed E-state index contributed by atoms with van der Waals surface area (Å²) in [7, 11) is 0. The second-order valence-electron chi connectivity index (χ2n) is 7.08. The van der Waals surface area contributed by atoms with Crippen molar-refractivity contribution in [2.24, 2.45) is 0 Å². The average Bonchev–Trinajstić information content (AvgIpc) is 2.67. The molecule has 0 aliphatic carbocycles. The molecule has 0 atom stereocenters. The van der Waals surface area contributed by atoms with E-state index in [2.05, 4.69) is 19.1 Å². The zero-order valence-electron chi connectivity index (χ0n) is 16.3. The van der Waals surface area contributed by atoms with Crippen molar-refractivity contribution in [1.82, 2.24) is 0 Å². The van der Waals surface area contributed by atoms with E-state index in [0.29, 0.717) is 6.61 Å². The van der Waals surface area contributed by atoms with E-state index in [-0.39, 0.29) is 5.75 Å². The first-order valence-electron chi connectivity index (χ1n) is 10.3. The number of unbranched alkanes of at least 4 members (excludes halogenated alkanes) is 9. The van der Waals surface area contributed by atoms with Gasteiger partial charge in [0.25, 0.3) is 0 Å². The Morgan fingerprint density at radius 3 is 2.00 bits per heavy atom. The van der Waals surface area contributed by atoms with Gasteiger partial charge in [-0.05, 0) is 24.1 Å². The Kier molecular flexibility index (Phi) is 9.71. The van der Waals surface area contributed by atoms with Crippen molar-refractivity contribution in [3.63, 3.8) is 0 Å². The summed E-state index contributed by atoms with van der Waals surface area (Å²) in [5.41, 5.74) is 2.15. The third-order valence-corrected chi connectivity index (χ3v) is 4.81. The number of benzene rings is 2. The molecule has 2 nitrogen and oxygen atoms in total. The average molecular weight is 355 g/mol. The van der Waals surface area contributed by atoms with Crippen LogP contribution >= 0.6 is 0 Å². The summed E-state index contributed by atoms with van der Waals surface area (Å²) < 4.78 is 5.98. The zero-order chi connectivity index (χ0) is 18.5. The number of phenols is 1. The quantitative estimate of drug-likeness (QED) is 0.381. The minimum atomic E-state index is 0.253. The van der Waals surface area contributed by atoms with E-state index in [9.17, 15) is 5.11 Å². The molecule has 0 heterocycles. The van der Waals surface area contributed by atoms with Gasteiger partial charge >= 0.3 is 0 Å². The topological polar surface area (TPSA) is 29.5 Å². The summed E-state index contributed by atoms with van der Waals surface area (Å²) in [5, 5.41) is 9.78. The molecule has 0 aromatic heterocycles. The second kappa shape index (κ2) is 12.4. The molecule has 0 saturated carbocycles. The lowest BCUT2D eigenvalue weighted by Gasteiger charge is -2.12. The summed E-state index contributed by atoms with van der Waals surface area (Å²) in [5.74, 6) is 1.02. The van der Waals surface area contributed by atoms with Crippen LogP contribution in [0.25, 0.3) is 11.1 Å². The van der Waals surface area contributed by atoms with Crippen molar-refractivity contribution in [2.45, 2.75) is 71.1 Å². The number of phenolic OH excluding ortho intramolecular Hbond substituents is 1. The van der Waals surface area contributed by atoms with E-state index in [1.807, 2.05) is 24.3 Å². The largest absolute Gasteiger partial charge is 0.508 e. The zero-order valence-corrected chi connectivity index (χ0v) is 16.3. The van der Waals surface area contributed by atoms with Crippen LogP contribution < -0.4 is 4.74 Å². The summed E-state index contributed by atoms with van der Waals surface area (Å²) in [6, 6.07) is 15.6. The maximum absolute atomic E-state index is 9.78. The van der Waals surface area contributed by atoms with E-state index < -0.39 is 0 Å². The van der Waals surface area contributed by atoms with Gasteiger partial charge in [0.15, 0.2) is 0 Å². The number of aromatic hydroxyl groups is 1. The summed E-state index contributed by atoms with van der Waals surface area (Å²) >= 11 is 0. The molecule has 1 N–H and O–H groups in total. The van der Waals surface area contributed by atoms with Crippen LogP contribution in [0.5, 0.6) is 11.5 Å². The minimum Gasteiger partial charge on any atom is -0.508 e. The van der Waals surface area contributed by atoms with Crippen LogP contribution in [-0.4, -0.2) is 11.7 Å². The van der Waals surface area contributed by atoms with Gasteiger partial charge in [0.2, 0.25) is 0 Å². The molecule has 0 amide bonds. The van der Waals surface area contributed by atoms with Crippen LogP contribution in [0.15, 0.2) is 48.5 Å². The van der Waals surface area contributed by atoms with Gasteiger partial charge in [-0.25, -0.2) is 0 Å². The van der Waals surface area contributed by atoms with Crippen LogP contribution in [-0.2, 0) is 0 Å². The van der Waals surface area contributed by atoms with E-state index in [4.69, 9.17) is 4.74 Å². The molecule has 142 valence electrons. The molecule has 26 heavy (non-hydrogen) atoms. The van der Waals surface area contributed by atoms with Crippen molar-refractivity contribution in [1.29, 1.82) is 0 Å². The highest BCUT2D eigenvalue weighted by Crippen LogP contribution is 2.33. The Labute approximate surface area is 159 Å². The van der Waals surface area contributed by atoms with Crippen LogP contribution in [0.4, 0.5) is 0 Å². The van der Waals surface area contributed by atoms with Crippen LogP contribution in [0.3, 0.4) is 0 Å². The Hall–Kier alpha value is -1.96. The Morgan fingerprint density at radius 2 is 1.35 bits per heavy atom. The number of hydrogen-bond donors (Lipinski definition) is 1. The van der Waals surface area contributed by atoms with E-state index in [1.165, 1.54) is 57.8 Å². The maximum Gasteiger partial charge on any atom is 0.130 e. The number of rotatable bonds is 13. The first-order chi connectivity index (χ1) is 12.8. The van der Waals surface area contributed by atoms with Gasteiger partial charge in [-0.3, -0.25) is 0 Å². The van der Waals surface area contributed by atoms with E-state index >= 15 is 0 Å². The van der Waals surface area contributed by atoms with Crippen LogP contribution in [0, 0.1) is 0 Å². The van der Waals surface area contributed by atoms with E-state index in [1.54, 1.807) is 12.1 Å². The first kappa shape index (κ1) is 20.4. The van der Waals surface area contributed by atoms with Gasteiger partial charge in [0.1, 0.15) is 11.5 Å². The monoisotopic (exact) mass is 354 g/mol.